The number of hydrogen-bond acceptors (Lipinski definition) is 5. The van der Waals surface area contributed by atoms with Gasteiger partial charge in [0, 0.05) is 4.88 Å². The minimum atomic E-state index is -0.332. The summed E-state index contributed by atoms with van der Waals surface area (Å²) in [5.74, 6) is 1.32. The highest BCUT2D eigenvalue weighted by Gasteiger charge is 2.39. The lowest BCUT2D eigenvalue weighted by Gasteiger charge is -2.34. The van der Waals surface area contributed by atoms with Crippen LogP contribution in [0.4, 0.5) is 0 Å². The molecule has 0 amide bonds. The number of fused-ring (bicyclic) bond motifs is 1. The summed E-state index contributed by atoms with van der Waals surface area (Å²) >= 11 is 1.79. The van der Waals surface area contributed by atoms with E-state index in [9.17, 15) is 0 Å². The van der Waals surface area contributed by atoms with Gasteiger partial charge in [-0.1, -0.05) is 5.16 Å². The number of nitrogens with two attached hydrogens (primary N) is 1. The first-order valence-electron chi connectivity index (χ1n) is 6.50. The molecule has 2 aromatic rings. The Morgan fingerprint density at radius 2 is 2.11 bits per heavy atom. The van der Waals surface area contributed by atoms with Crippen LogP contribution in [0.1, 0.15) is 41.9 Å². The van der Waals surface area contributed by atoms with E-state index in [1.165, 1.54) is 29.7 Å². The molecule has 6 heteroatoms. The van der Waals surface area contributed by atoms with E-state index >= 15 is 0 Å². The van der Waals surface area contributed by atoms with E-state index in [4.69, 9.17) is 10.3 Å². The van der Waals surface area contributed by atoms with Gasteiger partial charge in [0.25, 0.3) is 5.89 Å². The second-order valence-electron chi connectivity index (χ2n) is 5.35. The Balaban J connectivity index is 0.00000110. The first-order valence-corrected chi connectivity index (χ1v) is 7.31. The molecule has 0 saturated heterocycles. The van der Waals surface area contributed by atoms with Crippen LogP contribution in [-0.2, 0) is 18.4 Å². The van der Waals surface area contributed by atoms with Crippen molar-refractivity contribution in [2.75, 3.05) is 0 Å². The van der Waals surface area contributed by atoms with Crippen LogP contribution in [0.25, 0.3) is 10.8 Å². The van der Waals surface area contributed by atoms with Crippen LogP contribution < -0.4 is 5.73 Å². The molecule has 2 heterocycles. The highest BCUT2D eigenvalue weighted by atomic mass is 35.5. The lowest BCUT2D eigenvalue weighted by molar-refractivity contribution is 0.229. The molecule has 1 saturated carbocycles. The van der Waals surface area contributed by atoms with Crippen molar-refractivity contribution < 1.29 is 4.52 Å². The zero-order valence-corrected chi connectivity index (χ0v) is 12.1. The average molecular weight is 298 g/mol. The number of halogens is 1. The highest BCUT2D eigenvalue weighted by molar-refractivity contribution is 7.15. The summed E-state index contributed by atoms with van der Waals surface area (Å²) in [4.78, 5) is 7.08. The third-order valence-corrected chi connectivity index (χ3v) is 5.30. The molecule has 102 valence electrons. The molecule has 0 atom stereocenters. The quantitative estimate of drug-likeness (QED) is 0.925. The second-order valence-corrected chi connectivity index (χ2v) is 6.48. The molecule has 2 aromatic heterocycles. The van der Waals surface area contributed by atoms with Crippen molar-refractivity contribution >= 4 is 23.7 Å². The van der Waals surface area contributed by atoms with Crippen molar-refractivity contribution in [1.82, 2.24) is 10.1 Å². The molecule has 0 aromatic carbocycles. The van der Waals surface area contributed by atoms with E-state index in [-0.39, 0.29) is 17.9 Å². The first-order chi connectivity index (χ1) is 8.74. The van der Waals surface area contributed by atoms with Gasteiger partial charge in [-0.25, -0.2) is 0 Å². The van der Waals surface area contributed by atoms with Crippen molar-refractivity contribution in [1.29, 1.82) is 0 Å². The summed E-state index contributed by atoms with van der Waals surface area (Å²) in [5, 5.41) is 4.06. The highest BCUT2D eigenvalue weighted by Crippen LogP contribution is 2.39. The molecule has 1 fully saturated rings. The van der Waals surface area contributed by atoms with Crippen molar-refractivity contribution in [2.45, 2.75) is 44.1 Å². The maximum Gasteiger partial charge on any atom is 0.268 e. The number of thiophene rings is 1. The Kier molecular flexibility index (Phi) is 3.15. The number of hydrogen-bond donors (Lipinski definition) is 1. The van der Waals surface area contributed by atoms with Gasteiger partial charge in [-0.3, -0.25) is 0 Å². The fourth-order valence-corrected chi connectivity index (χ4v) is 3.92. The van der Waals surface area contributed by atoms with Crippen molar-refractivity contribution in [3.8, 4) is 10.8 Å². The van der Waals surface area contributed by atoms with Gasteiger partial charge in [0.15, 0.2) is 5.82 Å². The lowest BCUT2D eigenvalue weighted by Crippen LogP contribution is -2.44. The molecule has 0 unspecified atom stereocenters. The zero-order chi connectivity index (χ0) is 12.2. The monoisotopic (exact) mass is 297 g/mol. The van der Waals surface area contributed by atoms with E-state index in [0.29, 0.717) is 11.7 Å². The van der Waals surface area contributed by atoms with Gasteiger partial charge in [0.05, 0.1) is 10.4 Å². The Morgan fingerprint density at radius 1 is 1.26 bits per heavy atom. The summed E-state index contributed by atoms with van der Waals surface area (Å²) in [6.07, 6.45) is 6.76. The average Bonchev–Trinajstić information content (AvgIpc) is 2.99. The van der Waals surface area contributed by atoms with E-state index in [1.54, 1.807) is 11.3 Å². The molecule has 0 aliphatic heterocycles. The van der Waals surface area contributed by atoms with Gasteiger partial charge in [-0.05, 0) is 50.2 Å². The van der Waals surface area contributed by atoms with Gasteiger partial charge >= 0.3 is 0 Å². The number of nitrogens with zero attached hydrogens (tertiary/aromatic N) is 2. The van der Waals surface area contributed by atoms with Crippen LogP contribution in [0.3, 0.4) is 0 Å². The molecule has 0 bridgehead atoms. The number of aryl methyl sites for hydroxylation is 2. The van der Waals surface area contributed by atoms with Crippen molar-refractivity contribution in [2.24, 2.45) is 5.73 Å². The number of rotatable bonds is 2. The van der Waals surface area contributed by atoms with E-state index in [0.717, 1.165) is 24.1 Å². The number of aromatic nitrogens is 2. The molecular formula is C13H16ClN3OS. The van der Waals surface area contributed by atoms with Crippen LogP contribution in [0.15, 0.2) is 10.6 Å². The molecule has 19 heavy (non-hydrogen) atoms. The maximum atomic E-state index is 6.21. The van der Waals surface area contributed by atoms with Gasteiger partial charge in [-0.15, -0.1) is 23.7 Å². The van der Waals surface area contributed by atoms with Crippen LogP contribution >= 0.6 is 23.7 Å². The third-order valence-electron chi connectivity index (χ3n) is 4.07. The molecule has 2 aliphatic rings. The maximum absolute atomic E-state index is 6.21. The normalized spacial score (nSPS) is 19.6. The van der Waals surface area contributed by atoms with Gasteiger partial charge in [0.1, 0.15) is 0 Å². The van der Waals surface area contributed by atoms with Crippen LogP contribution in [0.5, 0.6) is 0 Å². The standard InChI is InChI=1S/C13H15N3OS.ClH/c14-13(5-2-6-13)12-15-11(17-16-12)10-7-8-3-1-4-9(8)18-10;/h7H,1-6,14H2;1H. The first kappa shape index (κ1) is 13.1. The second kappa shape index (κ2) is 4.58. The van der Waals surface area contributed by atoms with Crippen LogP contribution in [0, 0.1) is 0 Å². The molecule has 4 rings (SSSR count). The zero-order valence-electron chi connectivity index (χ0n) is 10.5. The van der Waals surface area contributed by atoms with Crippen LogP contribution in [-0.4, -0.2) is 10.1 Å². The van der Waals surface area contributed by atoms with E-state index < -0.39 is 0 Å². The summed E-state index contributed by atoms with van der Waals surface area (Å²) < 4.78 is 5.38. The molecule has 0 radical (unpaired) electrons. The Morgan fingerprint density at radius 3 is 2.79 bits per heavy atom. The summed E-state index contributed by atoms with van der Waals surface area (Å²) in [7, 11) is 0. The smallest absolute Gasteiger partial charge is 0.268 e. The minimum absolute atomic E-state index is 0. The predicted molar refractivity (Wildman–Crippen MR) is 76.6 cm³/mol. The summed E-state index contributed by atoms with van der Waals surface area (Å²) in [6, 6.07) is 2.20. The predicted octanol–water partition coefficient (Wildman–Crippen LogP) is 3.05. The fraction of sp³-hybridized carbons (Fsp3) is 0.538. The van der Waals surface area contributed by atoms with Crippen molar-refractivity contribution in [3.05, 3.63) is 22.3 Å². The topological polar surface area (TPSA) is 64.9 Å². The summed E-state index contributed by atoms with van der Waals surface area (Å²) in [6.45, 7) is 0. The molecule has 2 aliphatic carbocycles. The largest absolute Gasteiger partial charge is 0.333 e. The van der Waals surface area contributed by atoms with E-state index in [2.05, 4.69) is 16.2 Å². The lowest BCUT2D eigenvalue weighted by atomic mass is 9.77. The molecular weight excluding hydrogens is 282 g/mol. The van der Waals surface area contributed by atoms with Gasteiger partial charge in [0.2, 0.25) is 0 Å². The van der Waals surface area contributed by atoms with Gasteiger partial charge in [-0.2, -0.15) is 4.98 Å². The van der Waals surface area contributed by atoms with E-state index in [1.807, 2.05) is 0 Å². The summed E-state index contributed by atoms with van der Waals surface area (Å²) in [5.41, 5.74) is 7.33. The Labute approximate surface area is 121 Å². The fourth-order valence-electron chi connectivity index (χ4n) is 2.74. The van der Waals surface area contributed by atoms with Crippen LogP contribution in [0.2, 0.25) is 0 Å². The Hall–Kier alpha value is -0.910. The molecule has 0 spiro atoms. The SMILES string of the molecule is Cl.NC1(c2noc(-c3cc4c(s3)CCC4)n2)CCC1. The molecule has 2 N–H and O–H groups in total. The van der Waals surface area contributed by atoms with Crippen molar-refractivity contribution in [3.63, 3.8) is 0 Å². The minimum Gasteiger partial charge on any atom is -0.333 e. The van der Waals surface area contributed by atoms with Gasteiger partial charge < -0.3 is 10.3 Å². The third kappa shape index (κ3) is 2.00. The Bertz CT molecular complexity index is 581. The molecule has 4 nitrogen and oxygen atoms in total.